The quantitative estimate of drug-likeness (QED) is 0.385. The van der Waals surface area contributed by atoms with Gasteiger partial charge in [0.15, 0.2) is 5.84 Å². The first-order chi connectivity index (χ1) is 9.67. The smallest absolute Gasteiger partial charge is 0.176 e. The zero-order valence-electron chi connectivity index (χ0n) is 11.7. The molecule has 0 amide bonds. The lowest BCUT2D eigenvalue weighted by Gasteiger charge is -2.31. The number of nitrogens with zero attached hydrogens (tertiary/aromatic N) is 1. The zero-order valence-corrected chi connectivity index (χ0v) is 11.7. The summed E-state index contributed by atoms with van der Waals surface area (Å²) in [6.45, 7) is 2.14. The molecule has 2 rings (SSSR count). The third kappa shape index (κ3) is 3.03. The van der Waals surface area contributed by atoms with Gasteiger partial charge in [0, 0.05) is 0 Å². The van der Waals surface area contributed by atoms with E-state index in [0.717, 1.165) is 25.7 Å². The van der Waals surface area contributed by atoms with E-state index in [9.17, 15) is 4.39 Å². The molecule has 0 spiro atoms. The third-order valence-corrected chi connectivity index (χ3v) is 3.98. The average molecular weight is 280 g/mol. The summed E-state index contributed by atoms with van der Waals surface area (Å²) in [6.07, 6.45) is 5.55. The lowest BCUT2D eigenvalue weighted by molar-refractivity contribution is 0.0898. The lowest BCUT2D eigenvalue weighted by atomic mass is 9.84. The minimum atomic E-state index is -0.540. The maximum Gasteiger partial charge on any atom is 0.176 e. The van der Waals surface area contributed by atoms with Crippen LogP contribution in [0.25, 0.3) is 0 Å². The predicted molar refractivity (Wildman–Crippen MR) is 75.6 cm³/mol. The fraction of sp³-hybridized carbons (Fsp3) is 0.533. The minimum absolute atomic E-state index is 0.0374. The van der Waals surface area contributed by atoms with Gasteiger partial charge in [0.2, 0.25) is 0 Å². The molecule has 1 aromatic rings. The predicted octanol–water partition coefficient (Wildman–Crippen LogP) is 3.27. The van der Waals surface area contributed by atoms with Crippen molar-refractivity contribution in [3.63, 3.8) is 0 Å². The van der Waals surface area contributed by atoms with Crippen molar-refractivity contribution in [2.75, 3.05) is 0 Å². The Morgan fingerprint density at radius 2 is 2.20 bits per heavy atom. The van der Waals surface area contributed by atoms with Gasteiger partial charge in [-0.25, -0.2) is 4.39 Å². The van der Waals surface area contributed by atoms with E-state index in [4.69, 9.17) is 15.7 Å². The van der Waals surface area contributed by atoms with Crippen molar-refractivity contribution in [3.05, 3.63) is 29.6 Å². The zero-order chi connectivity index (χ0) is 14.5. The van der Waals surface area contributed by atoms with Crippen LogP contribution < -0.4 is 10.5 Å². The van der Waals surface area contributed by atoms with Gasteiger partial charge in [-0.2, -0.15) is 0 Å². The number of rotatable bonds is 4. The van der Waals surface area contributed by atoms with E-state index < -0.39 is 5.82 Å². The Morgan fingerprint density at radius 3 is 2.90 bits per heavy atom. The fourth-order valence-corrected chi connectivity index (χ4v) is 2.86. The van der Waals surface area contributed by atoms with Crippen LogP contribution in [0.15, 0.2) is 23.4 Å². The van der Waals surface area contributed by atoms with Gasteiger partial charge < -0.3 is 15.7 Å². The molecule has 0 bridgehead atoms. The van der Waals surface area contributed by atoms with Crippen LogP contribution in [-0.4, -0.2) is 17.1 Å². The number of amidine groups is 1. The molecule has 0 radical (unpaired) electrons. The van der Waals surface area contributed by atoms with Crippen molar-refractivity contribution in [3.8, 4) is 5.75 Å². The van der Waals surface area contributed by atoms with Gasteiger partial charge in [-0.15, -0.1) is 0 Å². The number of nitrogens with two attached hydrogens (primary N) is 1. The maximum atomic E-state index is 13.9. The highest BCUT2D eigenvalue weighted by molar-refractivity contribution is 5.99. The minimum Gasteiger partial charge on any atom is -0.489 e. The van der Waals surface area contributed by atoms with Gasteiger partial charge in [-0.1, -0.05) is 24.6 Å². The Bertz CT molecular complexity index is 491. The van der Waals surface area contributed by atoms with Crippen LogP contribution in [0, 0.1) is 11.7 Å². The highest BCUT2D eigenvalue weighted by Crippen LogP contribution is 2.32. The number of benzene rings is 1. The van der Waals surface area contributed by atoms with E-state index in [2.05, 4.69) is 12.1 Å². The number of oxime groups is 1. The van der Waals surface area contributed by atoms with Crippen LogP contribution in [0.4, 0.5) is 4.39 Å². The lowest BCUT2D eigenvalue weighted by Crippen LogP contribution is -2.31. The normalized spacial score (nSPS) is 23.6. The fourth-order valence-electron chi connectivity index (χ4n) is 2.86. The molecule has 1 fully saturated rings. The molecular weight excluding hydrogens is 259 g/mol. The average Bonchev–Trinajstić information content (AvgIpc) is 2.47. The van der Waals surface area contributed by atoms with Gasteiger partial charge in [-0.3, -0.25) is 0 Å². The maximum absolute atomic E-state index is 13.9. The Hall–Kier alpha value is -1.78. The molecule has 2 atom stereocenters. The van der Waals surface area contributed by atoms with Gasteiger partial charge in [0.05, 0.1) is 5.56 Å². The first-order valence-corrected chi connectivity index (χ1v) is 7.10. The first-order valence-electron chi connectivity index (χ1n) is 7.10. The number of halogens is 1. The van der Waals surface area contributed by atoms with Gasteiger partial charge in [-0.05, 0) is 43.7 Å². The van der Waals surface area contributed by atoms with Crippen molar-refractivity contribution in [2.24, 2.45) is 16.8 Å². The number of hydrogen-bond donors (Lipinski definition) is 2. The van der Waals surface area contributed by atoms with Crippen LogP contribution in [0.2, 0.25) is 0 Å². The molecule has 2 unspecified atom stereocenters. The second-order valence-electron chi connectivity index (χ2n) is 5.21. The van der Waals surface area contributed by atoms with Crippen molar-refractivity contribution >= 4 is 5.84 Å². The molecule has 1 aromatic carbocycles. The summed E-state index contributed by atoms with van der Waals surface area (Å²) in [6, 6.07) is 4.51. The summed E-state index contributed by atoms with van der Waals surface area (Å²) in [7, 11) is 0. The van der Waals surface area contributed by atoms with Gasteiger partial charge in [0.25, 0.3) is 0 Å². The molecule has 5 heteroatoms. The van der Waals surface area contributed by atoms with E-state index >= 15 is 0 Å². The summed E-state index contributed by atoms with van der Waals surface area (Å²) in [5.41, 5.74) is 5.59. The summed E-state index contributed by atoms with van der Waals surface area (Å²) < 4.78 is 19.9. The van der Waals surface area contributed by atoms with Gasteiger partial charge in [0.1, 0.15) is 17.7 Å². The van der Waals surface area contributed by atoms with Crippen molar-refractivity contribution in [2.45, 2.75) is 45.1 Å². The highest BCUT2D eigenvalue weighted by Gasteiger charge is 2.27. The van der Waals surface area contributed by atoms with Crippen LogP contribution in [-0.2, 0) is 0 Å². The summed E-state index contributed by atoms with van der Waals surface area (Å²) in [4.78, 5) is 0. The molecule has 1 aliphatic rings. The Morgan fingerprint density at radius 1 is 1.45 bits per heavy atom. The molecule has 110 valence electrons. The summed E-state index contributed by atoms with van der Waals surface area (Å²) in [5, 5.41) is 11.7. The Kier molecular flexibility index (Phi) is 4.82. The topological polar surface area (TPSA) is 67.8 Å². The molecule has 0 heterocycles. The third-order valence-electron chi connectivity index (χ3n) is 3.98. The van der Waals surface area contributed by atoms with Gasteiger partial charge >= 0.3 is 0 Å². The van der Waals surface area contributed by atoms with Crippen LogP contribution in [0.3, 0.4) is 0 Å². The summed E-state index contributed by atoms with van der Waals surface area (Å²) >= 11 is 0. The van der Waals surface area contributed by atoms with Crippen LogP contribution >= 0.6 is 0 Å². The van der Waals surface area contributed by atoms with Crippen LogP contribution in [0.5, 0.6) is 5.75 Å². The standard InChI is InChI=1S/C15H21FN2O2/c1-2-10-6-3-4-8-12(10)20-13-9-5-7-11(16)14(13)15(17)18-19/h5,7,9-10,12,19H,2-4,6,8H2,1H3,(H2,17,18). The molecule has 0 aromatic heterocycles. The SMILES string of the molecule is CCC1CCCCC1Oc1cccc(F)c1C(N)=NO. The first kappa shape index (κ1) is 14.6. The van der Waals surface area contributed by atoms with E-state index in [1.165, 1.54) is 12.5 Å². The molecule has 0 aliphatic heterocycles. The molecule has 4 nitrogen and oxygen atoms in total. The number of hydrogen-bond acceptors (Lipinski definition) is 3. The molecule has 1 saturated carbocycles. The van der Waals surface area contributed by atoms with E-state index in [-0.39, 0.29) is 17.5 Å². The van der Waals surface area contributed by atoms with E-state index in [1.54, 1.807) is 12.1 Å². The molecule has 1 aliphatic carbocycles. The largest absolute Gasteiger partial charge is 0.489 e. The van der Waals surface area contributed by atoms with Crippen molar-refractivity contribution in [1.29, 1.82) is 0 Å². The molecule has 0 saturated heterocycles. The highest BCUT2D eigenvalue weighted by atomic mass is 19.1. The number of ether oxygens (including phenoxy) is 1. The Balaban J connectivity index is 2.26. The second kappa shape index (κ2) is 6.59. The Labute approximate surface area is 118 Å². The van der Waals surface area contributed by atoms with Crippen molar-refractivity contribution < 1.29 is 14.3 Å². The monoisotopic (exact) mass is 280 g/mol. The van der Waals surface area contributed by atoms with E-state index in [1.807, 2.05) is 0 Å². The summed E-state index contributed by atoms with van der Waals surface area (Å²) in [5.74, 6) is 0.0291. The van der Waals surface area contributed by atoms with E-state index in [0.29, 0.717) is 11.7 Å². The molecule has 20 heavy (non-hydrogen) atoms. The molecule has 3 N–H and O–H groups in total. The van der Waals surface area contributed by atoms with Crippen LogP contribution in [0.1, 0.15) is 44.6 Å². The molecular formula is C15H21FN2O2. The van der Waals surface area contributed by atoms with Crippen molar-refractivity contribution in [1.82, 2.24) is 0 Å². The second-order valence-corrected chi connectivity index (χ2v) is 5.21.